The van der Waals surface area contributed by atoms with Gasteiger partial charge in [0, 0.05) is 13.2 Å². The number of amides is 2. The third-order valence-electron chi connectivity index (χ3n) is 7.56. The maximum atomic E-state index is 14.3. The van der Waals surface area contributed by atoms with E-state index in [1.807, 2.05) is 32.0 Å². The number of hydrogen-bond acceptors (Lipinski definition) is 5. The van der Waals surface area contributed by atoms with Crippen molar-refractivity contribution in [2.24, 2.45) is 0 Å². The topological polar surface area (TPSA) is 84.0 Å². The van der Waals surface area contributed by atoms with Crippen molar-refractivity contribution in [1.82, 2.24) is 4.31 Å². The summed E-state index contributed by atoms with van der Waals surface area (Å²) >= 11 is 0. The quantitative estimate of drug-likeness (QED) is 0.509. The number of carbonyl (C=O) groups is 2. The minimum absolute atomic E-state index is 0.0397. The lowest BCUT2D eigenvalue weighted by Gasteiger charge is -2.30. The van der Waals surface area contributed by atoms with Crippen LogP contribution in [0.25, 0.3) is 0 Å². The fraction of sp³-hybridized carbons (Fsp3) is 0.500. The first-order valence-electron chi connectivity index (χ1n) is 12.6. The van der Waals surface area contributed by atoms with Gasteiger partial charge < -0.3 is 4.74 Å². The van der Waals surface area contributed by atoms with E-state index in [2.05, 4.69) is 13.8 Å². The Bertz CT molecular complexity index is 1250. The molecule has 2 aromatic rings. The molecule has 8 heteroatoms. The zero-order valence-corrected chi connectivity index (χ0v) is 22.8. The summed E-state index contributed by atoms with van der Waals surface area (Å²) in [5.41, 5.74) is 4.62. The average Bonchev–Trinajstić information content (AvgIpc) is 3.43. The van der Waals surface area contributed by atoms with E-state index >= 15 is 0 Å². The molecular weight excluding hydrogens is 476 g/mol. The van der Waals surface area contributed by atoms with Gasteiger partial charge in [0.25, 0.3) is 5.91 Å². The second kappa shape index (κ2) is 10.1. The number of imide groups is 1. The van der Waals surface area contributed by atoms with E-state index in [1.54, 1.807) is 26.0 Å². The van der Waals surface area contributed by atoms with Gasteiger partial charge in [-0.25, -0.2) is 13.3 Å². The van der Waals surface area contributed by atoms with Crippen LogP contribution in [0.15, 0.2) is 35.2 Å². The molecule has 194 valence electrons. The van der Waals surface area contributed by atoms with Crippen molar-refractivity contribution in [2.45, 2.75) is 83.8 Å². The number of hydrogen-bond donors (Lipinski definition) is 0. The van der Waals surface area contributed by atoms with Gasteiger partial charge in [-0.1, -0.05) is 32.0 Å². The van der Waals surface area contributed by atoms with Crippen LogP contribution in [0.5, 0.6) is 0 Å². The zero-order chi connectivity index (χ0) is 26.4. The van der Waals surface area contributed by atoms with E-state index < -0.39 is 27.9 Å². The van der Waals surface area contributed by atoms with Crippen molar-refractivity contribution >= 4 is 27.5 Å². The van der Waals surface area contributed by atoms with Gasteiger partial charge in [-0.2, -0.15) is 4.31 Å². The summed E-state index contributed by atoms with van der Waals surface area (Å²) in [7, 11) is -4.10. The standard InChI is InChI=1S/C28H36N2O5S/c1-17(2)22-9-11-23(12-10-22)30-26(31)15-25(28(30)32)29(16-24-8-7-13-35-24)36(33,34)27-20(5)18(3)14-19(4)21(27)6/h9-12,14,17,24-25H,7-8,13,15-16H2,1-6H3. The molecule has 0 radical (unpaired) electrons. The van der Waals surface area contributed by atoms with E-state index in [1.165, 1.54) is 4.31 Å². The highest BCUT2D eigenvalue weighted by atomic mass is 32.2. The van der Waals surface area contributed by atoms with Crippen molar-refractivity contribution in [2.75, 3.05) is 18.1 Å². The summed E-state index contributed by atoms with van der Waals surface area (Å²) in [6.07, 6.45) is 1.05. The van der Waals surface area contributed by atoms with Crippen molar-refractivity contribution in [3.8, 4) is 0 Å². The van der Waals surface area contributed by atoms with Crippen molar-refractivity contribution in [3.05, 3.63) is 58.1 Å². The lowest BCUT2D eigenvalue weighted by atomic mass is 10.0. The molecule has 0 N–H and O–H groups in total. The number of sulfonamides is 1. The molecule has 2 unspecified atom stereocenters. The predicted octanol–water partition coefficient (Wildman–Crippen LogP) is 4.55. The Labute approximate surface area is 214 Å². The Morgan fingerprint density at radius 1 is 1.03 bits per heavy atom. The number of ether oxygens (including phenoxy) is 1. The van der Waals surface area contributed by atoms with E-state index in [-0.39, 0.29) is 24.0 Å². The Morgan fingerprint density at radius 3 is 2.17 bits per heavy atom. The Kier molecular flexibility index (Phi) is 7.42. The Morgan fingerprint density at radius 2 is 1.64 bits per heavy atom. The molecule has 0 saturated carbocycles. The van der Waals surface area contributed by atoms with Crippen LogP contribution in [0, 0.1) is 27.7 Å². The smallest absolute Gasteiger partial charge is 0.252 e. The summed E-state index contributed by atoms with van der Waals surface area (Å²) in [5, 5.41) is 0. The van der Waals surface area contributed by atoms with Gasteiger partial charge in [0.2, 0.25) is 15.9 Å². The highest BCUT2D eigenvalue weighted by Gasteiger charge is 2.48. The van der Waals surface area contributed by atoms with Gasteiger partial charge in [-0.05, 0) is 86.4 Å². The number of aryl methyl sites for hydroxylation is 2. The number of rotatable bonds is 7. The average molecular weight is 513 g/mol. The van der Waals surface area contributed by atoms with Crippen molar-refractivity contribution in [3.63, 3.8) is 0 Å². The monoisotopic (exact) mass is 512 g/mol. The number of carbonyl (C=O) groups excluding carboxylic acids is 2. The minimum atomic E-state index is -4.10. The van der Waals surface area contributed by atoms with E-state index in [9.17, 15) is 18.0 Å². The third kappa shape index (κ3) is 4.74. The Hall–Kier alpha value is -2.55. The molecule has 2 saturated heterocycles. The molecule has 2 aliphatic heterocycles. The van der Waals surface area contributed by atoms with Gasteiger partial charge >= 0.3 is 0 Å². The minimum Gasteiger partial charge on any atom is -0.377 e. The summed E-state index contributed by atoms with van der Waals surface area (Å²) < 4.78 is 35.5. The molecule has 0 aliphatic carbocycles. The second-order valence-corrected chi connectivity index (χ2v) is 12.2. The normalized spacial score (nSPS) is 20.8. The fourth-order valence-corrected chi connectivity index (χ4v) is 7.38. The fourth-order valence-electron chi connectivity index (χ4n) is 5.19. The molecule has 2 amide bonds. The van der Waals surface area contributed by atoms with Crippen LogP contribution in [0.3, 0.4) is 0 Å². The molecule has 7 nitrogen and oxygen atoms in total. The number of anilines is 1. The molecule has 36 heavy (non-hydrogen) atoms. The van der Waals surface area contributed by atoms with Crippen LogP contribution < -0.4 is 4.90 Å². The van der Waals surface area contributed by atoms with E-state index in [0.717, 1.165) is 28.0 Å². The first kappa shape index (κ1) is 26.5. The predicted molar refractivity (Wildman–Crippen MR) is 140 cm³/mol. The molecule has 4 rings (SSSR count). The molecule has 2 fully saturated rings. The van der Waals surface area contributed by atoms with Gasteiger partial charge in [-0.3, -0.25) is 9.59 Å². The van der Waals surface area contributed by atoms with Gasteiger partial charge in [0.15, 0.2) is 0 Å². The summed E-state index contributed by atoms with van der Waals surface area (Å²) in [6, 6.07) is 8.17. The van der Waals surface area contributed by atoms with Crippen LogP contribution in [0.1, 0.15) is 66.8 Å². The molecule has 0 bridgehead atoms. The van der Waals surface area contributed by atoms with Crippen LogP contribution in [-0.2, 0) is 24.3 Å². The summed E-state index contributed by atoms with van der Waals surface area (Å²) in [4.78, 5) is 28.2. The van der Waals surface area contributed by atoms with Gasteiger partial charge in [-0.15, -0.1) is 0 Å². The molecule has 2 aromatic carbocycles. The SMILES string of the molecule is Cc1cc(C)c(C)c(S(=O)(=O)N(CC2CCCO2)C2CC(=O)N(c3ccc(C(C)C)cc3)C2=O)c1C. The highest BCUT2D eigenvalue weighted by Crippen LogP contribution is 2.34. The van der Waals surface area contributed by atoms with Crippen molar-refractivity contribution in [1.29, 1.82) is 0 Å². The van der Waals surface area contributed by atoms with Gasteiger partial charge in [0.05, 0.1) is 23.1 Å². The van der Waals surface area contributed by atoms with E-state index in [4.69, 9.17) is 4.74 Å². The lowest BCUT2D eigenvalue weighted by Crippen LogP contribution is -2.48. The molecule has 2 aliphatic rings. The van der Waals surface area contributed by atoms with Crippen LogP contribution in [0.2, 0.25) is 0 Å². The first-order valence-corrected chi connectivity index (χ1v) is 14.0. The third-order valence-corrected chi connectivity index (χ3v) is 9.71. The lowest BCUT2D eigenvalue weighted by molar-refractivity contribution is -0.122. The first-order chi connectivity index (χ1) is 16.9. The molecule has 2 heterocycles. The zero-order valence-electron chi connectivity index (χ0n) is 22.0. The largest absolute Gasteiger partial charge is 0.377 e. The number of benzene rings is 2. The maximum absolute atomic E-state index is 14.3. The second-order valence-electron chi connectivity index (χ2n) is 10.3. The molecule has 0 aromatic heterocycles. The maximum Gasteiger partial charge on any atom is 0.252 e. The molecular formula is C28H36N2O5S. The van der Waals surface area contributed by atoms with Crippen molar-refractivity contribution < 1.29 is 22.7 Å². The molecule has 0 spiro atoms. The van der Waals surface area contributed by atoms with Crippen LogP contribution in [-0.4, -0.2) is 49.8 Å². The van der Waals surface area contributed by atoms with E-state index in [0.29, 0.717) is 35.8 Å². The molecule has 2 atom stereocenters. The summed E-state index contributed by atoms with van der Waals surface area (Å²) in [5.74, 6) is -0.602. The summed E-state index contributed by atoms with van der Waals surface area (Å²) in [6.45, 7) is 12.1. The van der Waals surface area contributed by atoms with Gasteiger partial charge in [0.1, 0.15) is 6.04 Å². The Balaban J connectivity index is 1.76. The van der Waals surface area contributed by atoms with Crippen LogP contribution >= 0.6 is 0 Å². The van der Waals surface area contributed by atoms with Crippen LogP contribution in [0.4, 0.5) is 5.69 Å². The number of nitrogens with zero attached hydrogens (tertiary/aromatic N) is 2. The highest BCUT2D eigenvalue weighted by molar-refractivity contribution is 7.89.